The van der Waals surface area contributed by atoms with Crippen LogP contribution in [0, 0.1) is 0 Å². The van der Waals surface area contributed by atoms with Crippen molar-refractivity contribution in [1.82, 2.24) is 0 Å². The second-order valence-electron chi connectivity index (χ2n) is 4.83. The molecule has 0 fully saturated rings. The fourth-order valence-corrected chi connectivity index (χ4v) is 2.29. The molecule has 0 spiro atoms. The molecule has 0 saturated heterocycles. The number of anilines is 2. The lowest BCUT2D eigenvalue weighted by Crippen LogP contribution is -2.30. The van der Waals surface area contributed by atoms with Gasteiger partial charge in [-0.15, -0.1) is 13.2 Å². The molecule has 0 aliphatic rings. The van der Waals surface area contributed by atoms with Gasteiger partial charge >= 0.3 is 0 Å². The normalized spacial score (nSPS) is 9.90. The maximum absolute atomic E-state index is 3.87. The van der Waals surface area contributed by atoms with E-state index >= 15 is 0 Å². The first-order valence-electron chi connectivity index (χ1n) is 7.18. The topological polar surface area (TPSA) is 15.3 Å². The molecule has 21 heavy (non-hydrogen) atoms. The lowest BCUT2D eigenvalue weighted by molar-refractivity contribution is 0.906. The van der Waals surface area contributed by atoms with E-state index in [1.54, 1.807) is 0 Å². The molecule has 0 aliphatic carbocycles. The molecule has 0 radical (unpaired) electrons. The van der Waals surface area contributed by atoms with Crippen LogP contribution in [0.3, 0.4) is 0 Å². The molecule has 0 atom stereocenters. The molecule has 1 N–H and O–H groups in total. The fraction of sp³-hybridized carbons (Fsp3) is 0.158. The van der Waals surface area contributed by atoms with E-state index in [-0.39, 0.29) is 0 Å². The molecule has 0 bridgehead atoms. The van der Waals surface area contributed by atoms with Gasteiger partial charge in [-0.1, -0.05) is 48.6 Å². The summed E-state index contributed by atoms with van der Waals surface area (Å²) in [5, 5.41) is 3.45. The summed E-state index contributed by atoms with van der Waals surface area (Å²) in [6.07, 6.45) is 4.74. The Morgan fingerprint density at radius 3 is 2.33 bits per heavy atom. The zero-order chi connectivity index (χ0) is 14.9. The van der Waals surface area contributed by atoms with Crippen LogP contribution >= 0.6 is 0 Å². The minimum Gasteiger partial charge on any atom is -0.368 e. The highest BCUT2D eigenvalue weighted by Crippen LogP contribution is 2.21. The molecule has 0 saturated carbocycles. The summed E-state index contributed by atoms with van der Waals surface area (Å²) < 4.78 is 0. The van der Waals surface area contributed by atoms with Gasteiger partial charge < -0.3 is 10.2 Å². The standard InChI is InChI=1S/C19H22N2/c1-3-10-17-11-8-9-14-19(17)21(15-4-2)16-20-18-12-6-5-7-13-18/h3-9,11-14,20H,1-2,10,15-16H2. The van der Waals surface area contributed by atoms with Gasteiger partial charge in [-0.2, -0.15) is 0 Å². The van der Waals surface area contributed by atoms with Crippen molar-refractivity contribution in [2.24, 2.45) is 0 Å². The summed E-state index contributed by atoms with van der Waals surface area (Å²) in [7, 11) is 0. The Hall–Kier alpha value is -2.48. The van der Waals surface area contributed by atoms with Crippen molar-refractivity contribution in [3.8, 4) is 0 Å². The molecule has 0 heterocycles. The van der Waals surface area contributed by atoms with Gasteiger partial charge in [-0.3, -0.25) is 0 Å². The van der Waals surface area contributed by atoms with Gasteiger partial charge in [0, 0.05) is 17.9 Å². The molecule has 2 rings (SSSR count). The number of hydrogen-bond donors (Lipinski definition) is 1. The predicted octanol–water partition coefficient (Wildman–Crippen LogP) is 4.48. The van der Waals surface area contributed by atoms with Crippen LogP contribution in [0.2, 0.25) is 0 Å². The average Bonchev–Trinajstić information content (AvgIpc) is 2.53. The van der Waals surface area contributed by atoms with E-state index in [0.717, 1.165) is 25.3 Å². The summed E-state index contributed by atoms with van der Waals surface area (Å²) in [5.74, 6) is 0. The molecule has 0 unspecified atom stereocenters. The molecular weight excluding hydrogens is 256 g/mol. The van der Waals surface area contributed by atoms with Crippen molar-refractivity contribution >= 4 is 11.4 Å². The van der Waals surface area contributed by atoms with Crippen molar-refractivity contribution in [1.29, 1.82) is 0 Å². The van der Waals surface area contributed by atoms with E-state index in [1.807, 2.05) is 30.4 Å². The van der Waals surface area contributed by atoms with Crippen molar-refractivity contribution in [3.05, 3.63) is 85.5 Å². The average molecular weight is 278 g/mol. The lowest BCUT2D eigenvalue weighted by atomic mass is 10.1. The number of allylic oxidation sites excluding steroid dienone is 1. The number of nitrogens with zero attached hydrogens (tertiary/aromatic N) is 1. The summed E-state index contributed by atoms with van der Waals surface area (Å²) in [4.78, 5) is 2.28. The van der Waals surface area contributed by atoms with Gasteiger partial charge in [0.05, 0.1) is 6.67 Å². The SMILES string of the molecule is C=CCc1ccccc1N(CC=C)CNc1ccccc1. The first kappa shape index (κ1) is 14.9. The molecule has 0 aromatic heterocycles. The Balaban J connectivity index is 2.14. The van der Waals surface area contributed by atoms with E-state index < -0.39 is 0 Å². The van der Waals surface area contributed by atoms with Crippen LogP contribution < -0.4 is 10.2 Å². The second kappa shape index (κ2) is 7.95. The van der Waals surface area contributed by atoms with E-state index in [2.05, 4.69) is 59.8 Å². The largest absolute Gasteiger partial charge is 0.368 e. The highest BCUT2D eigenvalue weighted by Gasteiger charge is 2.08. The fourth-order valence-electron chi connectivity index (χ4n) is 2.29. The van der Waals surface area contributed by atoms with Crippen molar-refractivity contribution in [2.45, 2.75) is 6.42 Å². The minimum absolute atomic E-state index is 0.740. The Morgan fingerprint density at radius 2 is 1.62 bits per heavy atom. The van der Waals surface area contributed by atoms with Crippen LogP contribution in [0.1, 0.15) is 5.56 Å². The molecule has 108 valence electrons. The Kier molecular flexibility index (Phi) is 5.65. The highest BCUT2D eigenvalue weighted by atomic mass is 15.2. The van der Waals surface area contributed by atoms with E-state index in [9.17, 15) is 0 Å². The van der Waals surface area contributed by atoms with Gasteiger partial charge in [0.25, 0.3) is 0 Å². The Labute approximate surface area is 127 Å². The number of hydrogen-bond acceptors (Lipinski definition) is 2. The number of para-hydroxylation sites is 2. The molecule has 0 aliphatic heterocycles. The van der Waals surface area contributed by atoms with Crippen LogP contribution in [0.25, 0.3) is 0 Å². The predicted molar refractivity (Wildman–Crippen MR) is 92.8 cm³/mol. The van der Waals surface area contributed by atoms with E-state index in [1.165, 1.54) is 11.3 Å². The first-order valence-corrected chi connectivity index (χ1v) is 7.18. The van der Waals surface area contributed by atoms with Crippen molar-refractivity contribution in [3.63, 3.8) is 0 Å². The zero-order valence-corrected chi connectivity index (χ0v) is 12.3. The Bertz CT molecular complexity index is 575. The van der Waals surface area contributed by atoms with Gasteiger partial charge in [-0.05, 0) is 30.2 Å². The van der Waals surface area contributed by atoms with Crippen LogP contribution in [0.5, 0.6) is 0 Å². The van der Waals surface area contributed by atoms with Gasteiger partial charge in [0.1, 0.15) is 0 Å². The van der Waals surface area contributed by atoms with Crippen molar-refractivity contribution < 1.29 is 0 Å². The third kappa shape index (κ3) is 4.25. The van der Waals surface area contributed by atoms with E-state index in [0.29, 0.717) is 0 Å². The zero-order valence-electron chi connectivity index (χ0n) is 12.3. The number of nitrogens with one attached hydrogen (secondary N) is 1. The van der Waals surface area contributed by atoms with Gasteiger partial charge in [-0.25, -0.2) is 0 Å². The third-order valence-electron chi connectivity index (χ3n) is 3.29. The third-order valence-corrected chi connectivity index (χ3v) is 3.29. The van der Waals surface area contributed by atoms with Crippen molar-refractivity contribution in [2.75, 3.05) is 23.4 Å². The van der Waals surface area contributed by atoms with Crippen LogP contribution in [0.15, 0.2) is 79.9 Å². The monoisotopic (exact) mass is 278 g/mol. The van der Waals surface area contributed by atoms with Gasteiger partial charge in [0.15, 0.2) is 0 Å². The number of rotatable bonds is 8. The minimum atomic E-state index is 0.740. The van der Waals surface area contributed by atoms with Crippen LogP contribution in [-0.4, -0.2) is 13.2 Å². The molecule has 2 aromatic carbocycles. The Morgan fingerprint density at radius 1 is 0.905 bits per heavy atom. The summed E-state index contributed by atoms with van der Waals surface area (Å²) in [6.45, 7) is 9.25. The van der Waals surface area contributed by atoms with Crippen LogP contribution in [-0.2, 0) is 6.42 Å². The smallest absolute Gasteiger partial charge is 0.0879 e. The second-order valence-corrected chi connectivity index (χ2v) is 4.83. The van der Waals surface area contributed by atoms with Gasteiger partial charge in [0.2, 0.25) is 0 Å². The maximum Gasteiger partial charge on any atom is 0.0879 e. The molecule has 0 amide bonds. The lowest BCUT2D eigenvalue weighted by Gasteiger charge is -2.26. The molecular formula is C19H22N2. The summed E-state index contributed by atoms with van der Waals surface area (Å²) >= 11 is 0. The van der Waals surface area contributed by atoms with Crippen LogP contribution in [0.4, 0.5) is 11.4 Å². The first-order chi connectivity index (χ1) is 10.3. The highest BCUT2D eigenvalue weighted by molar-refractivity contribution is 5.56. The van der Waals surface area contributed by atoms with E-state index in [4.69, 9.17) is 0 Å². The summed E-state index contributed by atoms with van der Waals surface area (Å²) in [5.41, 5.74) is 3.62. The summed E-state index contributed by atoms with van der Waals surface area (Å²) in [6, 6.07) is 18.7. The molecule has 2 aromatic rings. The quantitative estimate of drug-likeness (QED) is 0.566. The molecule has 2 nitrogen and oxygen atoms in total. The molecule has 2 heteroatoms. The number of benzene rings is 2. The maximum atomic E-state index is 3.87.